The summed E-state index contributed by atoms with van der Waals surface area (Å²) in [5.41, 5.74) is 0.856. The maximum Gasteiger partial charge on any atom is 0.292 e. The topological polar surface area (TPSA) is 78.8 Å². The zero-order valence-electron chi connectivity index (χ0n) is 14.1. The first-order chi connectivity index (χ1) is 12.0. The van der Waals surface area contributed by atoms with Crippen LogP contribution in [0.3, 0.4) is 0 Å². The van der Waals surface area contributed by atoms with Gasteiger partial charge in [0, 0.05) is 19.1 Å². The van der Waals surface area contributed by atoms with Crippen molar-refractivity contribution in [2.75, 3.05) is 31.8 Å². The van der Waals surface area contributed by atoms with Gasteiger partial charge in [0.25, 0.3) is 4.84 Å². The van der Waals surface area contributed by atoms with E-state index in [2.05, 4.69) is 5.10 Å². The van der Waals surface area contributed by atoms with E-state index in [0.29, 0.717) is 32.1 Å². The lowest BCUT2D eigenvalue weighted by molar-refractivity contribution is -0.945. The number of aromatic nitrogens is 2. The molecule has 1 aromatic carbocycles. The Balaban J connectivity index is 1.80. The largest absolute Gasteiger partial charge is 0.409 e. The summed E-state index contributed by atoms with van der Waals surface area (Å²) in [6.45, 7) is 1.69. The van der Waals surface area contributed by atoms with Crippen molar-refractivity contribution in [3.8, 4) is 11.5 Å². The average molecular weight is 385 g/mol. The van der Waals surface area contributed by atoms with E-state index in [0.717, 1.165) is 10.5 Å². The summed E-state index contributed by atoms with van der Waals surface area (Å²) in [7, 11) is -1.31. The molecule has 1 saturated heterocycles. The number of ether oxygens (including phenoxy) is 1. The number of nitrogens with one attached hydrogen (secondary N) is 1. The summed E-state index contributed by atoms with van der Waals surface area (Å²) in [6, 6.07) is 9.58. The molecule has 0 radical (unpaired) electrons. The molecule has 7 nitrogen and oxygen atoms in total. The fourth-order valence-electron chi connectivity index (χ4n) is 3.06. The molecule has 1 N–H and O–H groups in total. The Bertz CT molecular complexity index is 861. The van der Waals surface area contributed by atoms with E-state index in [4.69, 9.17) is 21.4 Å². The Morgan fingerprint density at radius 2 is 2.16 bits per heavy atom. The zero-order valence-corrected chi connectivity index (χ0v) is 15.7. The predicted octanol–water partition coefficient (Wildman–Crippen LogP) is 0.548. The van der Waals surface area contributed by atoms with Crippen LogP contribution in [0.15, 0.2) is 34.7 Å². The quantitative estimate of drug-likeness (QED) is 0.703. The van der Waals surface area contributed by atoms with Gasteiger partial charge in [-0.25, -0.2) is 8.42 Å². The fourth-order valence-corrected chi connectivity index (χ4v) is 5.07. The minimum Gasteiger partial charge on any atom is -0.409 e. The Morgan fingerprint density at radius 1 is 1.40 bits per heavy atom. The lowest BCUT2D eigenvalue weighted by Crippen LogP contribution is -3.16. The van der Waals surface area contributed by atoms with E-state index in [1.165, 1.54) is 0 Å². The van der Waals surface area contributed by atoms with Crippen molar-refractivity contribution in [1.29, 1.82) is 0 Å². The Labute approximate surface area is 152 Å². The maximum atomic E-state index is 11.8. The average Bonchev–Trinajstić information content (AvgIpc) is 3.14. The van der Waals surface area contributed by atoms with Crippen LogP contribution in [0.25, 0.3) is 11.5 Å². The number of rotatable bonds is 7. The molecule has 1 aliphatic heterocycles. The molecule has 2 aromatic rings. The van der Waals surface area contributed by atoms with Crippen molar-refractivity contribution in [2.45, 2.75) is 19.1 Å². The molecule has 0 saturated carbocycles. The van der Waals surface area contributed by atoms with Crippen molar-refractivity contribution in [3.63, 3.8) is 0 Å². The van der Waals surface area contributed by atoms with Crippen LogP contribution >= 0.6 is 12.2 Å². The van der Waals surface area contributed by atoms with Crippen molar-refractivity contribution in [3.05, 3.63) is 35.2 Å². The van der Waals surface area contributed by atoms with Gasteiger partial charge in [0.05, 0.1) is 12.4 Å². The Hall–Kier alpha value is -1.55. The third-order valence-electron chi connectivity index (χ3n) is 4.42. The number of hydrogen-bond acceptors (Lipinski definition) is 6. The highest BCUT2D eigenvalue weighted by molar-refractivity contribution is 7.91. The SMILES string of the molecule is COCC[NH+](Cn1nc(-c2ccccc2)oc1=S)[C@H]1CCS(=O)(=O)C1. The third kappa shape index (κ3) is 4.55. The van der Waals surface area contributed by atoms with E-state index in [1.54, 1.807) is 11.8 Å². The first kappa shape index (κ1) is 18.2. The molecule has 2 atom stereocenters. The van der Waals surface area contributed by atoms with Crippen LogP contribution in [-0.4, -0.2) is 56.0 Å². The summed E-state index contributed by atoms with van der Waals surface area (Å²) >= 11 is 5.29. The van der Waals surface area contributed by atoms with E-state index >= 15 is 0 Å². The molecule has 1 aliphatic rings. The van der Waals surface area contributed by atoms with E-state index in [1.807, 2.05) is 30.3 Å². The highest BCUT2D eigenvalue weighted by atomic mass is 32.2. The minimum atomic E-state index is -2.95. The molecule has 2 heterocycles. The van der Waals surface area contributed by atoms with Gasteiger partial charge < -0.3 is 14.1 Å². The standard InChI is InChI=1S/C16H21N3O4S2/c1-22-9-8-18(14-7-10-25(20,21)11-14)12-19-16(24)23-15(17-19)13-5-3-2-4-6-13/h2-6,14H,7-12H2,1H3/p+1/t14-/m0/s1. The molecule has 0 bridgehead atoms. The van der Waals surface area contributed by atoms with E-state index in [9.17, 15) is 8.42 Å². The number of nitrogens with zero attached hydrogens (tertiary/aromatic N) is 2. The van der Waals surface area contributed by atoms with Crippen LogP contribution in [0.4, 0.5) is 0 Å². The zero-order chi connectivity index (χ0) is 17.9. The Kier molecular flexibility index (Phi) is 5.67. The summed E-state index contributed by atoms with van der Waals surface area (Å²) in [5.74, 6) is 0.909. The second-order valence-corrected chi connectivity index (χ2v) is 8.78. The molecule has 136 valence electrons. The molecule has 1 unspecified atom stereocenters. The van der Waals surface area contributed by atoms with Crippen LogP contribution < -0.4 is 4.90 Å². The van der Waals surface area contributed by atoms with Crippen LogP contribution in [0.5, 0.6) is 0 Å². The van der Waals surface area contributed by atoms with Gasteiger partial charge >= 0.3 is 0 Å². The normalized spacial score (nSPS) is 20.6. The highest BCUT2D eigenvalue weighted by Crippen LogP contribution is 2.16. The molecule has 0 amide bonds. The number of quaternary nitrogens is 1. The third-order valence-corrected chi connectivity index (χ3v) is 6.48. The van der Waals surface area contributed by atoms with Gasteiger partial charge in [0.1, 0.15) is 18.3 Å². The van der Waals surface area contributed by atoms with Crippen molar-refractivity contribution in [2.24, 2.45) is 0 Å². The van der Waals surface area contributed by atoms with Gasteiger partial charge in [-0.3, -0.25) is 0 Å². The van der Waals surface area contributed by atoms with Gasteiger partial charge in [0.2, 0.25) is 5.89 Å². The molecule has 9 heteroatoms. The number of methoxy groups -OCH3 is 1. The van der Waals surface area contributed by atoms with Gasteiger partial charge in [-0.15, -0.1) is 5.10 Å². The van der Waals surface area contributed by atoms with Crippen molar-refractivity contribution >= 4 is 22.1 Å². The predicted molar refractivity (Wildman–Crippen MR) is 95.5 cm³/mol. The van der Waals surface area contributed by atoms with Crippen LogP contribution in [0.1, 0.15) is 6.42 Å². The number of hydrogen-bond donors (Lipinski definition) is 1. The maximum absolute atomic E-state index is 11.8. The smallest absolute Gasteiger partial charge is 0.292 e. The summed E-state index contributed by atoms with van der Waals surface area (Å²) in [4.78, 5) is 1.38. The minimum absolute atomic E-state index is 0.0268. The van der Waals surface area contributed by atoms with Crippen LogP contribution in [0.2, 0.25) is 0 Å². The van der Waals surface area contributed by atoms with Gasteiger partial charge in [-0.2, -0.15) is 4.68 Å². The molecule has 3 rings (SSSR count). The van der Waals surface area contributed by atoms with Crippen molar-refractivity contribution in [1.82, 2.24) is 9.78 Å². The Morgan fingerprint density at radius 3 is 2.80 bits per heavy atom. The first-order valence-corrected chi connectivity index (χ1v) is 10.4. The monoisotopic (exact) mass is 384 g/mol. The molecule has 25 heavy (non-hydrogen) atoms. The second-order valence-electron chi connectivity index (χ2n) is 6.20. The van der Waals surface area contributed by atoms with E-state index < -0.39 is 9.84 Å². The molecule has 1 aromatic heterocycles. The molecular formula is C16H22N3O4S2+. The number of benzene rings is 1. The van der Waals surface area contributed by atoms with Crippen molar-refractivity contribution < 1.29 is 22.5 Å². The molecule has 1 fully saturated rings. The molecule has 0 aliphatic carbocycles. The summed E-state index contributed by atoms with van der Waals surface area (Å²) in [6.07, 6.45) is 0.651. The van der Waals surface area contributed by atoms with Gasteiger partial charge in [0.15, 0.2) is 16.5 Å². The lowest BCUT2D eigenvalue weighted by atomic mass is 10.2. The van der Waals surface area contributed by atoms with Crippen LogP contribution in [-0.2, 0) is 21.2 Å². The van der Waals surface area contributed by atoms with Gasteiger partial charge in [-0.05, 0) is 24.4 Å². The summed E-state index contributed by atoms with van der Waals surface area (Å²) < 4.78 is 36.1. The molecular weight excluding hydrogens is 362 g/mol. The van der Waals surface area contributed by atoms with E-state index in [-0.39, 0.29) is 22.4 Å². The lowest BCUT2D eigenvalue weighted by Gasteiger charge is -2.24. The second kappa shape index (κ2) is 7.77. The van der Waals surface area contributed by atoms with Crippen LogP contribution in [0, 0.1) is 4.84 Å². The highest BCUT2D eigenvalue weighted by Gasteiger charge is 2.35. The number of sulfone groups is 1. The fraction of sp³-hybridized carbons (Fsp3) is 0.500. The summed E-state index contributed by atoms with van der Waals surface area (Å²) in [5, 5.41) is 4.47. The first-order valence-electron chi connectivity index (χ1n) is 8.16. The molecule has 0 spiro atoms. The van der Waals surface area contributed by atoms with Gasteiger partial charge in [-0.1, -0.05) is 18.2 Å².